The van der Waals surface area contributed by atoms with Crippen molar-refractivity contribution in [3.8, 4) is 17.2 Å². The molecule has 0 spiro atoms. The normalized spacial score (nSPS) is 22.5. The van der Waals surface area contributed by atoms with Gasteiger partial charge < -0.3 is 24.0 Å². The van der Waals surface area contributed by atoms with Crippen molar-refractivity contribution in [3.63, 3.8) is 0 Å². The largest absolute Gasteiger partial charge is 0.493 e. The lowest BCUT2D eigenvalue weighted by atomic mass is 10.1. The fourth-order valence-electron chi connectivity index (χ4n) is 2.98. The first kappa shape index (κ1) is 15.9. The van der Waals surface area contributed by atoms with Crippen LogP contribution in [-0.2, 0) is 6.54 Å². The molecule has 2 unspecified atom stereocenters. The number of rotatable bonds is 5. The Morgan fingerprint density at radius 3 is 2.14 bits per heavy atom. The van der Waals surface area contributed by atoms with Gasteiger partial charge in [0, 0.05) is 12.0 Å². The van der Waals surface area contributed by atoms with E-state index in [1.807, 2.05) is 0 Å². The van der Waals surface area contributed by atoms with Crippen molar-refractivity contribution < 1.29 is 24.0 Å². The van der Waals surface area contributed by atoms with Gasteiger partial charge in [-0.3, -0.25) is 0 Å². The Hall–Kier alpha value is -1.46. The molecule has 1 aliphatic rings. The second kappa shape index (κ2) is 7.52. The molecule has 2 N–H and O–H groups in total. The van der Waals surface area contributed by atoms with Gasteiger partial charge in [-0.05, 0) is 12.1 Å². The van der Waals surface area contributed by atoms with Crippen LogP contribution in [0.4, 0.5) is 0 Å². The second-order valence-electron chi connectivity index (χ2n) is 5.77. The summed E-state index contributed by atoms with van der Waals surface area (Å²) >= 11 is 0. The molecule has 0 bridgehead atoms. The number of likely N-dealkylation sites (N-methyl/N-ethyl adjacent to an activating group) is 1. The Balaban J connectivity index is 2.15. The fraction of sp³-hybridized carbons (Fsp3) is 0.625. The molecular weight excluding hydrogens is 268 g/mol. The lowest BCUT2D eigenvalue weighted by molar-refractivity contribution is -0.938. The van der Waals surface area contributed by atoms with Crippen LogP contribution in [0, 0.1) is 0 Å². The van der Waals surface area contributed by atoms with Crippen LogP contribution in [0.2, 0.25) is 0 Å². The lowest BCUT2D eigenvalue weighted by Gasteiger charge is -2.18. The van der Waals surface area contributed by atoms with E-state index in [0.717, 1.165) is 18.0 Å². The van der Waals surface area contributed by atoms with E-state index in [2.05, 4.69) is 19.2 Å². The zero-order chi connectivity index (χ0) is 15.2. The average molecular weight is 296 g/mol. The van der Waals surface area contributed by atoms with E-state index >= 15 is 0 Å². The van der Waals surface area contributed by atoms with Crippen LogP contribution in [0.15, 0.2) is 12.1 Å². The van der Waals surface area contributed by atoms with Gasteiger partial charge in [-0.1, -0.05) is 0 Å². The quantitative estimate of drug-likeness (QED) is 0.733. The predicted molar refractivity (Wildman–Crippen MR) is 81.7 cm³/mol. The Kier molecular flexibility index (Phi) is 5.70. The molecule has 21 heavy (non-hydrogen) atoms. The van der Waals surface area contributed by atoms with Gasteiger partial charge >= 0.3 is 0 Å². The average Bonchev–Trinajstić information content (AvgIpc) is 2.70. The Bertz CT molecular complexity index is 440. The highest BCUT2D eigenvalue weighted by atomic mass is 16.5. The van der Waals surface area contributed by atoms with Crippen LogP contribution in [0.25, 0.3) is 0 Å². The smallest absolute Gasteiger partial charge is 0.203 e. The summed E-state index contributed by atoms with van der Waals surface area (Å²) in [6, 6.07) is 4.13. The van der Waals surface area contributed by atoms with Gasteiger partial charge in [0.1, 0.15) is 19.6 Å². The van der Waals surface area contributed by atoms with Crippen LogP contribution in [-0.4, -0.2) is 54.6 Å². The molecule has 0 aromatic heterocycles. The van der Waals surface area contributed by atoms with Crippen molar-refractivity contribution >= 4 is 0 Å². The molecule has 2 atom stereocenters. The van der Waals surface area contributed by atoms with E-state index in [9.17, 15) is 0 Å². The second-order valence-corrected chi connectivity index (χ2v) is 5.77. The van der Waals surface area contributed by atoms with Crippen LogP contribution < -0.4 is 24.0 Å². The monoisotopic (exact) mass is 296 g/mol. The summed E-state index contributed by atoms with van der Waals surface area (Å²) in [5.74, 6) is 2.14. The number of quaternary nitrogens is 2. The molecule has 0 saturated carbocycles. The third-order valence-electron chi connectivity index (χ3n) is 4.22. The minimum absolute atomic E-state index is 0.666. The summed E-state index contributed by atoms with van der Waals surface area (Å²) in [6.45, 7) is 5.96. The minimum Gasteiger partial charge on any atom is -0.493 e. The van der Waals surface area contributed by atoms with Gasteiger partial charge in [0.05, 0.1) is 41.5 Å². The molecule has 1 heterocycles. The molecule has 1 aromatic rings. The highest BCUT2D eigenvalue weighted by molar-refractivity contribution is 5.53. The van der Waals surface area contributed by atoms with Crippen molar-refractivity contribution in [1.29, 1.82) is 0 Å². The molecule has 1 aromatic carbocycles. The minimum atomic E-state index is 0.666. The van der Waals surface area contributed by atoms with Gasteiger partial charge in [-0.25, -0.2) is 0 Å². The maximum Gasteiger partial charge on any atom is 0.203 e. The Morgan fingerprint density at radius 2 is 1.57 bits per heavy atom. The molecule has 1 saturated heterocycles. The lowest BCUT2D eigenvalue weighted by Crippen LogP contribution is -3.15. The summed E-state index contributed by atoms with van der Waals surface area (Å²) in [7, 11) is 7.25. The maximum absolute atomic E-state index is 5.43. The highest BCUT2D eigenvalue weighted by Gasteiger charge is 2.20. The molecule has 0 aliphatic carbocycles. The molecule has 5 heteroatoms. The maximum atomic E-state index is 5.43. The van der Waals surface area contributed by atoms with Crippen LogP contribution >= 0.6 is 0 Å². The molecule has 118 valence electrons. The third-order valence-corrected chi connectivity index (χ3v) is 4.22. The summed E-state index contributed by atoms with van der Waals surface area (Å²) in [5, 5.41) is 0. The number of methoxy groups -OCH3 is 3. The summed E-state index contributed by atoms with van der Waals surface area (Å²) in [4.78, 5) is 3.26. The van der Waals surface area contributed by atoms with E-state index < -0.39 is 0 Å². The molecule has 0 amide bonds. The van der Waals surface area contributed by atoms with Gasteiger partial charge in [0.15, 0.2) is 11.5 Å². The number of benzene rings is 1. The Morgan fingerprint density at radius 1 is 0.905 bits per heavy atom. The van der Waals surface area contributed by atoms with E-state index in [4.69, 9.17) is 14.2 Å². The topological polar surface area (TPSA) is 36.6 Å². The zero-order valence-corrected chi connectivity index (χ0v) is 13.6. The molecular formula is C16H28N2O3+2. The van der Waals surface area contributed by atoms with Crippen LogP contribution in [0.5, 0.6) is 17.2 Å². The first-order chi connectivity index (χ1) is 10.2. The summed E-state index contributed by atoms with van der Waals surface area (Å²) in [5.41, 5.74) is 1.24. The summed E-state index contributed by atoms with van der Waals surface area (Å²) < 4.78 is 16.2. The van der Waals surface area contributed by atoms with Crippen molar-refractivity contribution in [2.24, 2.45) is 0 Å². The summed E-state index contributed by atoms with van der Waals surface area (Å²) in [6.07, 6.45) is 1.28. The van der Waals surface area contributed by atoms with Crippen LogP contribution in [0.1, 0.15) is 12.0 Å². The molecule has 5 nitrogen and oxygen atoms in total. The van der Waals surface area contributed by atoms with Crippen molar-refractivity contribution in [1.82, 2.24) is 0 Å². The van der Waals surface area contributed by atoms with E-state index in [0.29, 0.717) is 5.75 Å². The highest BCUT2D eigenvalue weighted by Crippen LogP contribution is 2.37. The van der Waals surface area contributed by atoms with Gasteiger partial charge in [0.25, 0.3) is 0 Å². The number of hydrogen-bond donors (Lipinski definition) is 2. The van der Waals surface area contributed by atoms with Crippen LogP contribution in [0.3, 0.4) is 0 Å². The van der Waals surface area contributed by atoms with E-state index in [-0.39, 0.29) is 0 Å². The fourth-order valence-corrected chi connectivity index (χ4v) is 2.98. The van der Waals surface area contributed by atoms with Gasteiger partial charge in [-0.15, -0.1) is 0 Å². The first-order valence-electron chi connectivity index (χ1n) is 7.61. The number of ether oxygens (including phenoxy) is 3. The molecule has 2 rings (SSSR count). The first-order valence-corrected chi connectivity index (χ1v) is 7.61. The van der Waals surface area contributed by atoms with Gasteiger partial charge in [-0.2, -0.15) is 0 Å². The predicted octanol–water partition coefficient (Wildman–Crippen LogP) is -0.984. The van der Waals surface area contributed by atoms with E-state index in [1.54, 1.807) is 31.1 Å². The zero-order valence-electron chi connectivity index (χ0n) is 13.6. The van der Waals surface area contributed by atoms with E-state index in [1.165, 1.54) is 38.2 Å². The SMILES string of the molecule is COc1cc(C[NH+]2CCC[NH+](C)CC2)cc(OC)c1OC. The molecule has 0 radical (unpaired) electrons. The number of hydrogen-bond acceptors (Lipinski definition) is 3. The molecule has 1 fully saturated rings. The van der Waals surface area contributed by atoms with Gasteiger partial charge in [0.2, 0.25) is 5.75 Å². The standard InChI is InChI=1S/C16H26N2O3/c1-17-6-5-7-18(9-8-17)12-13-10-14(19-2)16(21-4)15(11-13)20-3/h10-11H,5-9,12H2,1-4H3/p+2. The van der Waals surface area contributed by atoms with Crippen molar-refractivity contribution in [2.75, 3.05) is 54.6 Å². The number of nitrogens with one attached hydrogen (secondary N) is 2. The Labute approximate surface area is 127 Å². The third kappa shape index (κ3) is 4.02. The van der Waals surface area contributed by atoms with Crippen molar-refractivity contribution in [3.05, 3.63) is 17.7 Å². The molecule has 1 aliphatic heterocycles. The van der Waals surface area contributed by atoms with Crippen molar-refractivity contribution in [2.45, 2.75) is 13.0 Å².